The maximum atomic E-state index is 12.7. The van der Waals surface area contributed by atoms with Crippen molar-refractivity contribution in [2.24, 2.45) is 0 Å². The van der Waals surface area contributed by atoms with E-state index in [0.29, 0.717) is 16.8 Å². The van der Waals surface area contributed by atoms with Gasteiger partial charge in [0.05, 0.1) is 16.9 Å². The highest BCUT2D eigenvalue weighted by Crippen LogP contribution is 2.40. The number of anilines is 4. The third-order valence-corrected chi connectivity index (χ3v) is 5.56. The second kappa shape index (κ2) is 8.51. The van der Waals surface area contributed by atoms with E-state index in [-0.39, 0.29) is 11.8 Å². The van der Waals surface area contributed by atoms with Crippen LogP contribution in [0.1, 0.15) is 27.2 Å². The summed E-state index contributed by atoms with van der Waals surface area (Å²) in [6, 6.07) is 24.4. The minimum Gasteiger partial charge on any atom is -0.362 e. The Bertz CT molecular complexity index is 1370. The smallest absolute Gasteiger partial charge is 0.256 e. The molecule has 6 nitrogen and oxygen atoms in total. The zero-order valence-electron chi connectivity index (χ0n) is 18.0. The fraction of sp³-hybridized carbons (Fsp3) is 0.0370. The predicted octanol–water partition coefficient (Wildman–Crippen LogP) is 5.81. The normalized spacial score (nSPS) is 13.5. The fourth-order valence-corrected chi connectivity index (χ4v) is 3.82. The van der Waals surface area contributed by atoms with Gasteiger partial charge in [0.15, 0.2) is 0 Å². The van der Waals surface area contributed by atoms with Crippen LogP contribution in [0.4, 0.5) is 22.7 Å². The number of hydrogen-bond donors (Lipinski definition) is 4. The number of aromatic nitrogens is 1. The van der Waals surface area contributed by atoms with Crippen molar-refractivity contribution < 1.29 is 9.59 Å². The quantitative estimate of drug-likeness (QED) is 0.299. The summed E-state index contributed by atoms with van der Waals surface area (Å²) in [7, 11) is 0. The number of nitrogens with one attached hydrogen (secondary N) is 4. The van der Waals surface area contributed by atoms with Crippen molar-refractivity contribution in [3.05, 3.63) is 107 Å². The van der Waals surface area contributed by atoms with Gasteiger partial charge in [-0.3, -0.25) is 9.59 Å². The minimum atomic E-state index is -0.169. The number of para-hydroxylation sites is 1. The molecule has 1 aliphatic heterocycles. The van der Waals surface area contributed by atoms with Crippen LogP contribution in [0.25, 0.3) is 11.6 Å². The van der Waals surface area contributed by atoms with Crippen LogP contribution in [0, 0.1) is 6.92 Å². The van der Waals surface area contributed by atoms with Gasteiger partial charge in [-0.25, -0.2) is 0 Å². The molecule has 4 aromatic rings. The van der Waals surface area contributed by atoms with Crippen molar-refractivity contribution >= 4 is 46.2 Å². The first-order valence-corrected chi connectivity index (χ1v) is 10.6. The number of carbonyl (C=O) groups is 2. The standard InChI is InChI=1S/C27H22N4O2/c1-17-12-13-20(29-26(32)18-7-3-2-4-8-18)16-24(17)30-23-11-5-10-21-22(27(33)31-25(21)23)15-19-9-6-14-28-19/h2-16,28,30H,1H3,(H,29,32)(H,31,33)/b22-15-. The zero-order valence-corrected chi connectivity index (χ0v) is 18.0. The Morgan fingerprint density at radius 3 is 2.55 bits per heavy atom. The molecule has 0 unspecified atom stereocenters. The summed E-state index contributed by atoms with van der Waals surface area (Å²) in [5.74, 6) is -0.313. The molecule has 0 radical (unpaired) electrons. The van der Waals surface area contributed by atoms with Gasteiger partial charge in [0.25, 0.3) is 11.8 Å². The molecule has 0 aliphatic carbocycles. The number of amides is 2. The van der Waals surface area contributed by atoms with Crippen LogP contribution in [-0.4, -0.2) is 16.8 Å². The van der Waals surface area contributed by atoms with Crippen molar-refractivity contribution in [1.82, 2.24) is 4.98 Å². The molecular formula is C27H22N4O2. The number of fused-ring (bicyclic) bond motifs is 1. The summed E-state index contributed by atoms with van der Waals surface area (Å²) >= 11 is 0. The highest BCUT2D eigenvalue weighted by atomic mass is 16.2. The van der Waals surface area contributed by atoms with E-state index in [1.54, 1.807) is 12.1 Å². The van der Waals surface area contributed by atoms with Gasteiger partial charge in [0.2, 0.25) is 0 Å². The number of aryl methyl sites for hydroxylation is 1. The number of benzene rings is 3. The Morgan fingerprint density at radius 2 is 1.76 bits per heavy atom. The molecule has 1 aliphatic rings. The monoisotopic (exact) mass is 434 g/mol. The van der Waals surface area contributed by atoms with E-state index >= 15 is 0 Å². The molecule has 33 heavy (non-hydrogen) atoms. The van der Waals surface area contributed by atoms with E-state index in [1.807, 2.05) is 85.9 Å². The van der Waals surface area contributed by atoms with Crippen LogP contribution in [0.3, 0.4) is 0 Å². The number of carbonyl (C=O) groups excluding carboxylic acids is 2. The van der Waals surface area contributed by atoms with Gasteiger partial charge in [-0.15, -0.1) is 0 Å². The molecule has 5 rings (SSSR count). The van der Waals surface area contributed by atoms with Gasteiger partial charge in [-0.2, -0.15) is 0 Å². The van der Waals surface area contributed by atoms with Gasteiger partial charge in [-0.05, 0) is 61.0 Å². The zero-order chi connectivity index (χ0) is 22.8. The molecule has 0 atom stereocenters. The molecular weight excluding hydrogens is 412 g/mol. The van der Waals surface area contributed by atoms with Crippen LogP contribution < -0.4 is 16.0 Å². The molecule has 3 aromatic carbocycles. The summed E-state index contributed by atoms with van der Waals surface area (Å²) in [5, 5.41) is 9.35. The minimum absolute atomic E-state index is 0.144. The lowest BCUT2D eigenvalue weighted by atomic mass is 10.0. The summed E-state index contributed by atoms with van der Waals surface area (Å²) in [5.41, 5.74) is 6.95. The third-order valence-electron chi connectivity index (χ3n) is 5.56. The lowest BCUT2D eigenvalue weighted by molar-refractivity contribution is -0.110. The van der Waals surface area contributed by atoms with E-state index in [2.05, 4.69) is 20.9 Å². The summed E-state index contributed by atoms with van der Waals surface area (Å²) in [6.45, 7) is 1.99. The van der Waals surface area contributed by atoms with Crippen molar-refractivity contribution in [2.75, 3.05) is 16.0 Å². The van der Waals surface area contributed by atoms with Crippen LogP contribution in [0.15, 0.2) is 85.1 Å². The molecule has 162 valence electrons. The van der Waals surface area contributed by atoms with Crippen molar-refractivity contribution in [2.45, 2.75) is 6.92 Å². The largest absolute Gasteiger partial charge is 0.362 e. The van der Waals surface area contributed by atoms with Gasteiger partial charge in [0.1, 0.15) is 0 Å². The number of aromatic amines is 1. The maximum absolute atomic E-state index is 12.7. The van der Waals surface area contributed by atoms with Crippen molar-refractivity contribution in [1.29, 1.82) is 0 Å². The molecule has 1 aromatic heterocycles. The number of H-pyrrole nitrogens is 1. The van der Waals surface area contributed by atoms with E-state index < -0.39 is 0 Å². The summed E-state index contributed by atoms with van der Waals surface area (Å²) in [4.78, 5) is 28.3. The first-order chi connectivity index (χ1) is 16.1. The first kappa shape index (κ1) is 20.3. The van der Waals surface area contributed by atoms with Crippen LogP contribution in [-0.2, 0) is 4.79 Å². The number of rotatable bonds is 5. The lowest BCUT2D eigenvalue weighted by Gasteiger charge is -2.15. The molecule has 0 bridgehead atoms. The molecule has 4 N–H and O–H groups in total. The highest BCUT2D eigenvalue weighted by molar-refractivity contribution is 6.36. The predicted molar refractivity (Wildman–Crippen MR) is 133 cm³/mol. The molecule has 0 saturated carbocycles. The van der Waals surface area contributed by atoms with Gasteiger partial charge < -0.3 is 20.9 Å². The Labute approximate surface area is 191 Å². The van der Waals surface area contributed by atoms with Gasteiger partial charge in [-0.1, -0.05) is 36.4 Å². The van der Waals surface area contributed by atoms with E-state index in [0.717, 1.165) is 33.9 Å². The van der Waals surface area contributed by atoms with E-state index in [9.17, 15) is 9.59 Å². The van der Waals surface area contributed by atoms with E-state index in [1.165, 1.54) is 0 Å². The van der Waals surface area contributed by atoms with Crippen molar-refractivity contribution in [3.63, 3.8) is 0 Å². The lowest BCUT2D eigenvalue weighted by Crippen LogP contribution is -2.12. The van der Waals surface area contributed by atoms with Gasteiger partial charge >= 0.3 is 0 Å². The van der Waals surface area contributed by atoms with Crippen LogP contribution >= 0.6 is 0 Å². The summed E-state index contributed by atoms with van der Waals surface area (Å²) < 4.78 is 0. The SMILES string of the molecule is Cc1ccc(NC(=O)c2ccccc2)cc1Nc1cccc2c1NC(=O)/C2=C\c1ccc[nH]1. The molecule has 2 amide bonds. The molecule has 2 heterocycles. The molecule has 0 fully saturated rings. The maximum Gasteiger partial charge on any atom is 0.256 e. The average Bonchev–Trinajstić information content (AvgIpc) is 3.45. The van der Waals surface area contributed by atoms with Crippen molar-refractivity contribution in [3.8, 4) is 0 Å². The first-order valence-electron chi connectivity index (χ1n) is 10.6. The summed E-state index contributed by atoms with van der Waals surface area (Å²) in [6.07, 6.45) is 3.67. The Hall–Kier alpha value is -4.58. The Morgan fingerprint density at radius 1 is 0.909 bits per heavy atom. The molecule has 0 saturated heterocycles. The van der Waals surface area contributed by atoms with Crippen LogP contribution in [0.2, 0.25) is 0 Å². The van der Waals surface area contributed by atoms with Crippen LogP contribution in [0.5, 0.6) is 0 Å². The Kier molecular flexibility index (Phi) is 5.24. The molecule has 6 heteroatoms. The highest BCUT2D eigenvalue weighted by Gasteiger charge is 2.26. The fourth-order valence-electron chi connectivity index (χ4n) is 3.82. The second-order valence-corrected chi connectivity index (χ2v) is 7.84. The average molecular weight is 434 g/mol. The Balaban J connectivity index is 1.43. The molecule has 0 spiro atoms. The topological polar surface area (TPSA) is 86.0 Å². The van der Waals surface area contributed by atoms with E-state index in [4.69, 9.17) is 0 Å². The van der Waals surface area contributed by atoms with Gasteiger partial charge in [0, 0.05) is 34.4 Å². The second-order valence-electron chi connectivity index (χ2n) is 7.84. The third kappa shape index (κ3) is 4.14. The number of hydrogen-bond acceptors (Lipinski definition) is 3.